The molecule has 0 aliphatic heterocycles. The van der Waals surface area contributed by atoms with E-state index in [1.54, 1.807) is 10.9 Å². The lowest BCUT2D eigenvalue weighted by atomic mass is 10.3. The summed E-state index contributed by atoms with van der Waals surface area (Å²) in [6.45, 7) is 1.85. The number of alkyl halides is 3. The molecule has 0 saturated carbocycles. The molecule has 4 rings (SSSR count). The first-order valence-electron chi connectivity index (χ1n) is 7.60. The molecule has 0 spiro atoms. The van der Waals surface area contributed by atoms with Crippen LogP contribution in [0.2, 0.25) is 0 Å². The third-order valence-corrected chi connectivity index (χ3v) is 3.79. The van der Waals surface area contributed by atoms with Crippen LogP contribution in [0.15, 0.2) is 48.7 Å². The van der Waals surface area contributed by atoms with Gasteiger partial charge in [-0.2, -0.15) is 22.8 Å². The van der Waals surface area contributed by atoms with Crippen molar-refractivity contribution >= 4 is 17.2 Å². The fourth-order valence-electron chi connectivity index (χ4n) is 2.53. The smallest absolute Gasteiger partial charge is 0.336 e. The zero-order valence-electron chi connectivity index (χ0n) is 13.4. The van der Waals surface area contributed by atoms with Gasteiger partial charge in [-0.25, -0.2) is 4.68 Å². The van der Waals surface area contributed by atoms with E-state index in [2.05, 4.69) is 25.7 Å². The van der Waals surface area contributed by atoms with Crippen LogP contribution in [0.1, 0.15) is 11.5 Å². The Bertz CT molecular complexity index is 1070. The van der Waals surface area contributed by atoms with E-state index < -0.39 is 12.0 Å². The first kappa shape index (κ1) is 16.1. The number of hydrogen-bond donors (Lipinski definition) is 1. The maximum atomic E-state index is 13.0. The number of nitrogens with zero attached hydrogens (tertiary/aromatic N) is 6. The minimum atomic E-state index is -4.64. The van der Waals surface area contributed by atoms with Gasteiger partial charge in [0.05, 0.1) is 23.3 Å². The number of aromatic nitrogens is 6. The second kappa shape index (κ2) is 5.83. The van der Waals surface area contributed by atoms with Crippen molar-refractivity contribution in [1.29, 1.82) is 0 Å². The summed E-state index contributed by atoms with van der Waals surface area (Å²) in [7, 11) is 0. The van der Waals surface area contributed by atoms with Gasteiger partial charge in [0.2, 0.25) is 0 Å². The number of para-hydroxylation sites is 1. The van der Waals surface area contributed by atoms with Crippen molar-refractivity contribution in [3.05, 3.63) is 60.2 Å². The Labute approximate surface area is 145 Å². The molecule has 0 atom stereocenters. The van der Waals surface area contributed by atoms with Crippen molar-refractivity contribution in [3.63, 3.8) is 0 Å². The van der Waals surface area contributed by atoms with E-state index in [1.807, 2.05) is 37.3 Å². The molecule has 0 amide bonds. The largest absolute Gasteiger partial charge is 0.453 e. The molecule has 132 valence electrons. The minimum Gasteiger partial charge on any atom is -0.336 e. The Balaban J connectivity index is 1.69. The van der Waals surface area contributed by atoms with Crippen LogP contribution in [0.4, 0.5) is 24.7 Å². The predicted octanol–water partition coefficient (Wildman–Crippen LogP) is 3.38. The first-order valence-corrected chi connectivity index (χ1v) is 7.60. The van der Waals surface area contributed by atoms with Crippen molar-refractivity contribution in [3.8, 4) is 5.69 Å². The zero-order valence-corrected chi connectivity index (χ0v) is 13.4. The third kappa shape index (κ3) is 2.75. The number of benzene rings is 1. The van der Waals surface area contributed by atoms with Crippen LogP contribution in [-0.2, 0) is 6.18 Å². The molecule has 7 nitrogen and oxygen atoms in total. The Morgan fingerprint density at radius 1 is 1.00 bits per heavy atom. The van der Waals surface area contributed by atoms with Gasteiger partial charge in [0.1, 0.15) is 0 Å². The van der Waals surface area contributed by atoms with Crippen LogP contribution in [0.25, 0.3) is 11.3 Å². The van der Waals surface area contributed by atoms with E-state index in [4.69, 9.17) is 0 Å². The van der Waals surface area contributed by atoms with Gasteiger partial charge in [-0.05, 0) is 31.2 Å². The second-order valence-electron chi connectivity index (χ2n) is 5.53. The zero-order chi connectivity index (χ0) is 18.3. The molecule has 0 saturated heterocycles. The molecular weight excluding hydrogens is 347 g/mol. The monoisotopic (exact) mass is 359 g/mol. The molecular formula is C16H12F3N7. The summed E-state index contributed by atoms with van der Waals surface area (Å²) in [5.41, 5.74) is 2.31. The fraction of sp³-hybridized carbons (Fsp3) is 0.125. The first-order chi connectivity index (χ1) is 12.4. The predicted molar refractivity (Wildman–Crippen MR) is 87.4 cm³/mol. The van der Waals surface area contributed by atoms with Crippen molar-refractivity contribution < 1.29 is 13.2 Å². The van der Waals surface area contributed by atoms with E-state index in [1.165, 1.54) is 12.1 Å². The second-order valence-corrected chi connectivity index (χ2v) is 5.53. The standard InChI is InChI=1S/C16H12F3N7/c1-10-12(9-20-25(10)11-5-3-2-4-6-11)21-13-7-8-14-22-23-15(16(17,18)19)26(14)24-13/h2-9H,1H3,(H,21,24). The summed E-state index contributed by atoms with van der Waals surface area (Å²) in [5.74, 6) is -0.952. The summed E-state index contributed by atoms with van der Waals surface area (Å²) < 4.78 is 41.3. The lowest BCUT2D eigenvalue weighted by Gasteiger charge is -2.08. The van der Waals surface area contributed by atoms with E-state index in [0.29, 0.717) is 10.2 Å². The van der Waals surface area contributed by atoms with E-state index in [9.17, 15) is 13.2 Å². The lowest BCUT2D eigenvalue weighted by molar-refractivity contribution is -0.146. The molecule has 1 aromatic carbocycles. The maximum absolute atomic E-state index is 13.0. The highest BCUT2D eigenvalue weighted by Gasteiger charge is 2.37. The quantitative estimate of drug-likeness (QED) is 0.607. The van der Waals surface area contributed by atoms with Gasteiger partial charge in [0, 0.05) is 0 Å². The number of fused-ring (bicyclic) bond motifs is 1. The highest BCUT2D eigenvalue weighted by molar-refractivity contribution is 5.60. The van der Waals surface area contributed by atoms with Crippen LogP contribution in [0.5, 0.6) is 0 Å². The lowest BCUT2D eigenvalue weighted by Crippen LogP contribution is -2.13. The van der Waals surface area contributed by atoms with Crippen LogP contribution in [0, 0.1) is 6.92 Å². The number of rotatable bonds is 3. The molecule has 0 bridgehead atoms. The van der Waals surface area contributed by atoms with Crippen LogP contribution in [0.3, 0.4) is 0 Å². The summed E-state index contributed by atoms with van der Waals surface area (Å²) in [5, 5.41) is 17.9. The average molecular weight is 359 g/mol. The van der Waals surface area contributed by atoms with Crippen LogP contribution >= 0.6 is 0 Å². The topological polar surface area (TPSA) is 72.9 Å². The highest BCUT2D eigenvalue weighted by Crippen LogP contribution is 2.28. The molecule has 3 aromatic heterocycles. The van der Waals surface area contributed by atoms with Gasteiger partial charge in [-0.15, -0.1) is 15.3 Å². The van der Waals surface area contributed by atoms with Gasteiger partial charge in [0.25, 0.3) is 5.82 Å². The van der Waals surface area contributed by atoms with Crippen molar-refractivity contribution in [2.24, 2.45) is 0 Å². The molecule has 0 aliphatic carbocycles. The number of anilines is 2. The summed E-state index contributed by atoms with van der Waals surface area (Å²) in [4.78, 5) is 0. The highest BCUT2D eigenvalue weighted by atomic mass is 19.4. The number of halogens is 3. The molecule has 26 heavy (non-hydrogen) atoms. The minimum absolute atomic E-state index is 0.0135. The van der Waals surface area contributed by atoms with Gasteiger partial charge >= 0.3 is 6.18 Å². The molecule has 0 radical (unpaired) electrons. The fourth-order valence-corrected chi connectivity index (χ4v) is 2.53. The molecule has 10 heteroatoms. The summed E-state index contributed by atoms with van der Waals surface area (Å²) >= 11 is 0. The van der Waals surface area contributed by atoms with Gasteiger partial charge in [-0.1, -0.05) is 18.2 Å². The van der Waals surface area contributed by atoms with Crippen LogP contribution in [-0.4, -0.2) is 29.6 Å². The molecule has 4 aromatic rings. The molecule has 0 unspecified atom stereocenters. The van der Waals surface area contributed by atoms with E-state index in [0.717, 1.165) is 11.4 Å². The van der Waals surface area contributed by atoms with Gasteiger partial charge in [-0.3, -0.25) is 0 Å². The third-order valence-electron chi connectivity index (χ3n) is 3.79. The summed E-state index contributed by atoms with van der Waals surface area (Å²) in [6, 6.07) is 12.4. The number of nitrogens with one attached hydrogen (secondary N) is 1. The van der Waals surface area contributed by atoms with Crippen molar-refractivity contribution in [2.75, 3.05) is 5.32 Å². The normalized spacial score (nSPS) is 11.8. The van der Waals surface area contributed by atoms with Crippen LogP contribution < -0.4 is 5.32 Å². The van der Waals surface area contributed by atoms with E-state index >= 15 is 0 Å². The number of hydrogen-bond acceptors (Lipinski definition) is 5. The van der Waals surface area contributed by atoms with Gasteiger partial charge in [0.15, 0.2) is 11.5 Å². The SMILES string of the molecule is Cc1c(Nc2ccc3nnc(C(F)(F)F)n3n2)cnn1-c1ccccc1. The maximum Gasteiger partial charge on any atom is 0.453 e. The molecule has 0 fully saturated rings. The Morgan fingerprint density at radius 2 is 1.77 bits per heavy atom. The Hall–Kier alpha value is -3.43. The van der Waals surface area contributed by atoms with Crippen molar-refractivity contribution in [2.45, 2.75) is 13.1 Å². The molecule has 0 aliphatic rings. The van der Waals surface area contributed by atoms with E-state index in [-0.39, 0.29) is 11.5 Å². The summed E-state index contributed by atoms with van der Waals surface area (Å²) in [6.07, 6.45) is -3.05. The average Bonchev–Trinajstić information content (AvgIpc) is 3.19. The van der Waals surface area contributed by atoms with Crippen molar-refractivity contribution in [1.82, 2.24) is 29.6 Å². The molecule has 3 heterocycles. The van der Waals surface area contributed by atoms with Gasteiger partial charge < -0.3 is 5.32 Å². The Morgan fingerprint density at radius 3 is 2.50 bits per heavy atom. The molecule has 1 N–H and O–H groups in total. The Kier molecular flexibility index (Phi) is 3.60.